The number of carboxylic acid groups (broad SMARTS) is 4. The van der Waals surface area contributed by atoms with Crippen LogP contribution in [0.3, 0.4) is 0 Å². The van der Waals surface area contributed by atoms with Gasteiger partial charge in [-0.1, -0.05) is 12.1 Å². The van der Waals surface area contributed by atoms with Crippen LogP contribution in [0.25, 0.3) is 43.1 Å². The molecule has 0 aliphatic heterocycles. The minimum atomic E-state index is -1.61. The quantitative estimate of drug-likeness (QED) is 0.219. The van der Waals surface area contributed by atoms with Crippen molar-refractivity contribution in [2.45, 2.75) is 0 Å². The highest BCUT2D eigenvalue weighted by Crippen LogP contribution is 2.45. The molecule has 34 heavy (non-hydrogen) atoms. The van der Waals surface area contributed by atoms with Crippen molar-refractivity contribution in [2.75, 3.05) is 0 Å². The van der Waals surface area contributed by atoms with E-state index in [1.165, 1.54) is 0 Å². The van der Waals surface area contributed by atoms with E-state index in [9.17, 15) is 39.6 Å². The molecule has 0 radical (unpaired) electrons. The van der Waals surface area contributed by atoms with Gasteiger partial charge >= 0.3 is 23.9 Å². The predicted octanol–water partition coefficient (Wildman–Crippen LogP) is 4.81. The van der Waals surface area contributed by atoms with Gasteiger partial charge in [0.05, 0.1) is 22.3 Å². The van der Waals surface area contributed by atoms with Crippen LogP contribution in [0.2, 0.25) is 0 Å². The van der Waals surface area contributed by atoms with Gasteiger partial charge in [-0.15, -0.1) is 0 Å². The van der Waals surface area contributed by atoms with Crippen molar-refractivity contribution >= 4 is 67.0 Å². The van der Waals surface area contributed by atoms with Crippen LogP contribution >= 0.6 is 0 Å². The molecule has 5 aromatic carbocycles. The number of carbonyl (C=O) groups is 4. The molecule has 0 saturated carbocycles. The van der Waals surface area contributed by atoms with Crippen molar-refractivity contribution in [1.29, 1.82) is 0 Å². The van der Waals surface area contributed by atoms with E-state index in [2.05, 4.69) is 0 Å². The Morgan fingerprint density at radius 1 is 0.471 bits per heavy atom. The second-order valence-corrected chi connectivity index (χ2v) is 7.60. The summed E-state index contributed by atoms with van der Waals surface area (Å²) in [5.74, 6) is -8.36. The summed E-state index contributed by atoms with van der Waals surface area (Å²) < 4.78 is 30.8. The Hall–Kier alpha value is -4.86. The van der Waals surface area contributed by atoms with Crippen LogP contribution in [0.5, 0.6) is 0 Å². The zero-order valence-corrected chi connectivity index (χ0v) is 16.6. The maximum Gasteiger partial charge on any atom is 0.336 e. The Morgan fingerprint density at radius 2 is 0.794 bits per heavy atom. The van der Waals surface area contributed by atoms with E-state index >= 15 is 8.78 Å². The average molecular weight is 464 g/mol. The van der Waals surface area contributed by atoms with E-state index in [1.54, 1.807) is 0 Å². The second-order valence-electron chi connectivity index (χ2n) is 7.60. The fourth-order valence-electron chi connectivity index (χ4n) is 4.70. The first-order valence-electron chi connectivity index (χ1n) is 9.56. The molecule has 0 heterocycles. The first-order chi connectivity index (χ1) is 16.0. The predicted molar refractivity (Wildman–Crippen MR) is 115 cm³/mol. The molecule has 0 amide bonds. The van der Waals surface area contributed by atoms with Crippen LogP contribution in [0.1, 0.15) is 41.4 Å². The van der Waals surface area contributed by atoms with Gasteiger partial charge in [0.1, 0.15) is 11.6 Å². The number of carboxylic acids is 4. The molecule has 10 heteroatoms. The van der Waals surface area contributed by atoms with E-state index in [0.29, 0.717) is 12.1 Å². The monoisotopic (exact) mass is 464 g/mol. The highest BCUT2D eigenvalue weighted by Gasteiger charge is 2.28. The minimum absolute atomic E-state index is 0.0912. The Morgan fingerprint density at radius 3 is 1.09 bits per heavy atom. The summed E-state index contributed by atoms with van der Waals surface area (Å²) in [5, 5.41) is 36.7. The van der Waals surface area contributed by atoms with Gasteiger partial charge in [-0.3, -0.25) is 0 Å². The first-order valence-corrected chi connectivity index (χ1v) is 9.56. The SMILES string of the molecule is O=C(O)c1ccc2c3c(F)cc(C(=O)O)c4c(C(=O)O)ccc(c5c(F)cc(C(=O)O)c1c25)c43. The van der Waals surface area contributed by atoms with Gasteiger partial charge in [-0.25, -0.2) is 28.0 Å². The van der Waals surface area contributed by atoms with Gasteiger partial charge in [0, 0.05) is 32.3 Å². The molecule has 0 aromatic heterocycles. The number of hydrogen-bond donors (Lipinski definition) is 4. The lowest BCUT2D eigenvalue weighted by molar-refractivity contribution is 0.0681. The molecule has 0 spiro atoms. The molecule has 0 aliphatic rings. The molecule has 0 bridgehead atoms. The number of halogens is 2. The maximum atomic E-state index is 15.4. The normalized spacial score (nSPS) is 11.6. The van der Waals surface area contributed by atoms with Crippen molar-refractivity contribution in [3.8, 4) is 0 Å². The molecule has 5 rings (SSSR count). The summed E-state index contributed by atoms with van der Waals surface area (Å²) >= 11 is 0. The Bertz CT molecular complexity index is 1660. The van der Waals surface area contributed by atoms with E-state index in [1.807, 2.05) is 0 Å². The number of benzene rings is 5. The van der Waals surface area contributed by atoms with Crippen LogP contribution in [-0.4, -0.2) is 44.3 Å². The van der Waals surface area contributed by atoms with Crippen LogP contribution in [0, 0.1) is 11.6 Å². The van der Waals surface area contributed by atoms with Gasteiger partial charge in [0.2, 0.25) is 0 Å². The lowest BCUT2D eigenvalue weighted by Crippen LogP contribution is -2.09. The lowest BCUT2D eigenvalue weighted by Gasteiger charge is -2.19. The molecule has 0 unspecified atom stereocenters. The molecule has 4 N–H and O–H groups in total. The van der Waals surface area contributed by atoms with Crippen LogP contribution in [0.4, 0.5) is 8.78 Å². The molecule has 0 aliphatic carbocycles. The molecule has 0 saturated heterocycles. The zero-order valence-electron chi connectivity index (χ0n) is 16.6. The van der Waals surface area contributed by atoms with Crippen molar-refractivity contribution < 1.29 is 48.4 Å². The number of rotatable bonds is 4. The molecular weight excluding hydrogens is 454 g/mol. The molecule has 5 aromatic rings. The smallest absolute Gasteiger partial charge is 0.336 e. The second kappa shape index (κ2) is 6.82. The van der Waals surface area contributed by atoms with Crippen LogP contribution in [0.15, 0.2) is 36.4 Å². The van der Waals surface area contributed by atoms with Crippen LogP contribution < -0.4 is 0 Å². The Labute approximate surface area is 186 Å². The van der Waals surface area contributed by atoms with Gasteiger partial charge in [0.15, 0.2) is 0 Å². The van der Waals surface area contributed by atoms with Crippen molar-refractivity contribution in [1.82, 2.24) is 0 Å². The number of fused-ring (bicyclic) bond motifs is 2. The molecule has 168 valence electrons. The van der Waals surface area contributed by atoms with Crippen molar-refractivity contribution in [3.63, 3.8) is 0 Å². The number of hydrogen-bond acceptors (Lipinski definition) is 4. The number of aromatic carboxylic acids is 4. The van der Waals surface area contributed by atoms with E-state index in [0.717, 1.165) is 24.3 Å². The standard InChI is InChI=1S/C24H10F2O8/c25-13-5-12(24(33)34)16-10(22(29)30)4-2-8-18-14(26)6-11(23(31)32)15-9(21(27)28)3-1-7(19(15)18)17(13)20(8)16/h1-6H,(H,27,28)(H,29,30)(H,31,32)(H,33,34). The van der Waals surface area contributed by atoms with E-state index in [-0.39, 0.29) is 43.1 Å². The summed E-state index contributed by atoms with van der Waals surface area (Å²) in [6.45, 7) is 0. The van der Waals surface area contributed by atoms with E-state index < -0.39 is 57.8 Å². The summed E-state index contributed by atoms with van der Waals surface area (Å²) in [4.78, 5) is 47.4. The summed E-state index contributed by atoms with van der Waals surface area (Å²) in [6.07, 6.45) is 0. The van der Waals surface area contributed by atoms with Crippen LogP contribution in [-0.2, 0) is 0 Å². The summed E-state index contributed by atoms with van der Waals surface area (Å²) in [5.41, 5.74) is -2.22. The fourth-order valence-corrected chi connectivity index (χ4v) is 4.70. The molecule has 0 atom stereocenters. The highest BCUT2D eigenvalue weighted by molar-refractivity contribution is 6.38. The Balaban J connectivity index is 2.25. The van der Waals surface area contributed by atoms with Gasteiger partial charge < -0.3 is 20.4 Å². The third-order valence-corrected chi connectivity index (χ3v) is 5.93. The first kappa shape index (κ1) is 21.0. The highest BCUT2D eigenvalue weighted by atomic mass is 19.1. The largest absolute Gasteiger partial charge is 0.478 e. The van der Waals surface area contributed by atoms with Crippen molar-refractivity contribution in [2.24, 2.45) is 0 Å². The average Bonchev–Trinajstić information content (AvgIpc) is 2.77. The molecular formula is C24H10F2O8. The third kappa shape index (κ3) is 2.56. The Kier molecular flexibility index (Phi) is 4.21. The molecule has 0 fully saturated rings. The molecule has 8 nitrogen and oxygen atoms in total. The maximum absolute atomic E-state index is 15.4. The third-order valence-electron chi connectivity index (χ3n) is 5.93. The summed E-state index contributed by atoms with van der Waals surface area (Å²) in [6, 6.07) is 5.67. The van der Waals surface area contributed by atoms with Crippen molar-refractivity contribution in [3.05, 3.63) is 70.3 Å². The van der Waals surface area contributed by atoms with Gasteiger partial charge in [0.25, 0.3) is 0 Å². The zero-order chi connectivity index (χ0) is 24.6. The minimum Gasteiger partial charge on any atom is -0.478 e. The van der Waals surface area contributed by atoms with Gasteiger partial charge in [-0.2, -0.15) is 0 Å². The van der Waals surface area contributed by atoms with E-state index in [4.69, 9.17) is 0 Å². The summed E-state index contributed by atoms with van der Waals surface area (Å²) in [7, 11) is 0. The lowest BCUT2D eigenvalue weighted by atomic mass is 9.84. The van der Waals surface area contributed by atoms with Gasteiger partial charge in [-0.05, 0) is 35.0 Å². The topological polar surface area (TPSA) is 149 Å². The fraction of sp³-hybridized carbons (Fsp3) is 0.